The number of aryl methyl sites for hydroxylation is 1. The Morgan fingerprint density at radius 2 is 1.81 bits per heavy atom. The molecule has 4 aromatic rings. The van der Waals surface area contributed by atoms with Crippen LogP contribution in [-0.2, 0) is 24.8 Å². The summed E-state index contributed by atoms with van der Waals surface area (Å²) in [5.74, 6) is 2.77. The van der Waals surface area contributed by atoms with Crippen molar-refractivity contribution in [1.29, 1.82) is 0 Å². The SMILES string of the molecule is COc1cc2c(cc1OC)CN(C(=O)/C=C/c1c(-c3ccc4c(c3)OCO4)n(C)c3ncccc13)CC2. The Bertz CT molecular complexity index is 1560. The lowest BCUT2D eigenvalue weighted by Gasteiger charge is -2.28. The minimum atomic E-state index is -0.0436. The van der Waals surface area contributed by atoms with E-state index in [0.29, 0.717) is 30.3 Å². The molecule has 2 aliphatic heterocycles. The maximum atomic E-state index is 13.3. The fourth-order valence-electron chi connectivity index (χ4n) is 5.18. The van der Waals surface area contributed by atoms with E-state index >= 15 is 0 Å². The molecule has 0 spiro atoms. The first-order valence-electron chi connectivity index (χ1n) is 12.1. The summed E-state index contributed by atoms with van der Waals surface area (Å²) in [6.45, 7) is 1.37. The fourth-order valence-corrected chi connectivity index (χ4v) is 5.18. The maximum Gasteiger partial charge on any atom is 0.246 e. The van der Waals surface area contributed by atoms with Gasteiger partial charge in [-0.1, -0.05) is 0 Å². The van der Waals surface area contributed by atoms with Crippen molar-refractivity contribution in [2.45, 2.75) is 13.0 Å². The molecule has 188 valence electrons. The molecule has 0 N–H and O–H groups in total. The normalized spacial score (nSPS) is 14.3. The third kappa shape index (κ3) is 3.94. The van der Waals surface area contributed by atoms with E-state index < -0.39 is 0 Å². The second kappa shape index (κ2) is 9.20. The molecule has 1 amide bonds. The fraction of sp³-hybridized carbons (Fsp3) is 0.241. The zero-order chi connectivity index (χ0) is 25.5. The van der Waals surface area contributed by atoms with E-state index in [-0.39, 0.29) is 12.7 Å². The zero-order valence-corrected chi connectivity index (χ0v) is 21.0. The lowest BCUT2D eigenvalue weighted by atomic mass is 9.98. The van der Waals surface area contributed by atoms with Gasteiger partial charge in [-0.3, -0.25) is 4.79 Å². The molecular weight excluding hydrogens is 470 g/mol. The van der Waals surface area contributed by atoms with Crippen LogP contribution in [0.5, 0.6) is 23.0 Å². The molecule has 2 aromatic heterocycles. The molecule has 0 fully saturated rings. The van der Waals surface area contributed by atoms with Crippen LogP contribution in [0.15, 0.2) is 54.7 Å². The first kappa shape index (κ1) is 23.0. The zero-order valence-electron chi connectivity index (χ0n) is 21.0. The van der Waals surface area contributed by atoms with Crippen molar-refractivity contribution in [1.82, 2.24) is 14.5 Å². The molecule has 0 saturated heterocycles. The number of rotatable bonds is 5. The number of hydrogen-bond acceptors (Lipinski definition) is 6. The van der Waals surface area contributed by atoms with Gasteiger partial charge in [0.15, 0.2) is 23.0 Å². The highest BCUT2D eigenvalue weighted by atomic mass is 16.7. The molecule has 2 aliphatic rings. The summed E-state index contributed by atoms with van der Waals surface area (Å²) in [6, 6.07) is 13.8. The first-order valence-corrected chi connectivity index (χ1v) is 12.1. The Morgan fingerprint density at radius 1 is 1.03 bits per heavy atom. The Balaban J connectivity index is 1.33. The Morgan fingerprint density at radius 3 is 2.62 bits per heavy atom. The number of carbonyl (C=O) groups is 1. The van der Waals surface area contributed by atoms with Crippen molar-refractivity contribution >= 4 is 23.0 Å². The Hall–Kier alpha value is -4.46. The molecule has 8 nitrogen and oxygen atoms in total. The molecular formula is C29H27N3O5. The maximum absolute atomic E-state index is 13.3. The lowest BCUT2D eigenvalue weighted by Crippen LogP contribution is -2.34. The van der Waals surface area contributed by atoms with Gasteiger partial charge in [0, 0.05) is 48.9 Å². The Labute approximate surface area is 214 Å². The van der Waals surface area contributed by atoms with Crippen LogP contribution in [0.4, 0.5) is 0 Å². The smallest absolute Gasteiger partial charge is 0.246 e. The summed E-state index contributed by atoms with van der Waals surface area (Å²) in [6.07, 6.45) is 6.09. The van der Waals surface area contributed by atoms with Crippen molar-refractivity contribution in [3.8, 4) is 34.3 Å². The van der Waals surface area contributed by atoms with Gasteiger partial charge in [-0.15, -0.1) is 0 Å². The lowest BCUT2D eigenvalue weighted by molar-refractivity contribution is -0.126. The number of nitrogens with zero attached hydrogens (tertiary/aromatic N) is 3. The standard InChI is InChI=1S/C29H27N3O5/c1-31-28(19-6-8-23-26(14-19)37-17-36-23)21(22-5-4-11-30-29(22)31)7-9-27(33)32-12-10-18-13-24(34-2)25(35-3)15-20(18)16-32/h4-9,11,13-15H,10,12,16-17H2,1-3H3/b9-7+. The number of ether oxygens (including phenoxy) is 4. The topological polar surface area (TPSA) is 75.1 Å². The number of methoxy groups -OCH3 is 2. The van der Waals surface area contributed by atoms with Crippen LogP contribution in [0.2, 0.25) is 0 Å². The predicted octanol–water partition coefficient (Wildman–Crippen LogP) is 4.58. The van der Waals surface area contributed by atoms with Crippen LogP contribution in [0.25, 0.3) is 28.4 Å². The van der Waals surface area contributed by atoms with Crippen molar-refractivity contribution in [2.24, 2.45) is 7.05 Å². The van der Waals surface area contributed by atoms with Crippen LogP contribution in [0, 0.1) is 0 Å². The van der Waals surface area contributed by atoms with E-state index in [0.717, 1.165) is 45.6 Å². The minimum absolute atomic E-state index is 0.0436. The van der Waals surface area contributed by atoms with E-state index in [1.807, 2.05) is 65.1 Å². The van der Waals surface area contributed by atoms with Crippen molar-refractivity contribution in [3.63, 3.8) is 0 Å². The molecule has 0 radical (unpaired) electrons. The average Bonchev–Trinajstić information content (AvgIpc) is 3.52. The highest BCUT2D eigenvalue weighted by Crippen LogP contribution is 2.40. The van der Waals surface area contributed by atoms with Crippen molar-refractivity contribution in [3.05, 3.63) is 71.4 Å². The molecule has 8 heteroatoms. The first-order chi connectivity index (χ1) is 18.1. The van der Waals surface area contributed by atoms with Gasteiger partial charge in [-0.25, -0.2) is 4.98 Å². The molecule has 0 atom stereocenters. The Kier molecular flexibility index (Phi) is 5.71. The summed E-state index contributed by atoms with van der Waals surface area (Å²) in [7, 11) is 5.24. The van der Waals surface area contributed by atoms with E-state index in [1.54, 1.807) is 26.5 Å². The summed E-state index contributed by atoms with van der Waals surface area (Å²) in [4.78, 5) is 19.8. The summed E-state index contributed by atoms with van der Waals surface area (Å²) in [5, 5.41) is 0.975. The quantitative estimate of drug-likeness (QED) is 0.376. The van der Waals surface area contributed by atoms with E-state index in [1.165, 1.54) is 5.56 Å². The molecule has 4 heterocycles. The molecule has 0 aliphatic carbocycles. The third-order valence-electron chi connectivity index (χ3n) is 7.05. The molecule has 0 saturated carbocycles. The number of amides is 1. The highest BCUT2D eigenvalue weighted by Gasteiger charge is 2.23. The number of aromatic nitrogens is 2. The molecule has 37 heavy (non-hydrogen) atoms. The second-order valence-corrected chi connectivity index (χ2v) is 9.08. The second-order valence-electron chi connectivity index (χ2n) is 9.08. The van der Waals surface area contributed by atoms with E-state index in [4.69, 9.17) is 18.9 Å². The van der Waals surface area contributed by atoms with Gasteiger partial charge in [-0.05, 0) is 66.1 Å². The summed E-state index contributed by atoms with van der Waals surface area (Å²) < 4.78 is 24.0. The summed E-state index contributed by atoms with van der Waals surface area (Å²) >= 11 is 0. The van der Waals surface area contributed by atoms with Gasteiger partial charge in [0.25, 0.3) is 0 Å². The highest BCUT2D eigenvalue weighted by molar-refractivity contribution is 6.00. The van der Waals surface area contributed by atoms with Gasteiger partial charge < -0.3 is 28.4 Å². The molecule has 0 bridgehead atoms. The third-order valence-corrected chi connectivity index (χ3v) is 7.05. The predicted molar refractivity (Wildman–Crippen MR) is 140 cm³/mol. The van der Waals surface area contributed by atoms with E-state index in [9.17, 15) is 4.79 Å². The monoisotopic (exact) mass is 497 g/mol. The van der Waals surface area contributed by atoms with E-state index in [2.05, 4.69) is 4.98 Å². The summed E-state index contributed by atoms with van der Waals surface area (Å²) in [5.41, 5.74) is 5.94. The van der Waals surface area contributed by atoms with Crippen molar-refractivity contribution in [2.75, 3.05) is 27.6 Å². The number of hydrogen-bond donors (Lipinski definition) is 0. The molecule has 0 unspecified atom stereocenters. The van der Waals surface area contributed by atoms with Crippen LogP contribution in [0.3, 0.4) is 0 Å². The van der Waals surface area contributed by atoms with Gasteiger partial charge in [0.2, 0.25) is 12.7 Å². The van der Waals surface area contributed by atoms with Crippen LogP contribution in [-0.4, -0.2) is 47.9 Å². The number of pyridine rings is 1. The minimum Gasteiger partial charge on any atom is -0.493 e. The van der Waals surface area contributed by atoms with Crippen LogP contribution < -0.4 is 18.9 Å². The van der Waals surface area contributed by atoms with Gasteiger partial charge in [-0.2, -0.15) is 0 Å². The van der Waals surface area contributed by atoms with Gasteiger partial charge >= 0.3 is 0 Å². The van der Waals surface area contributed by atoms with Crippen molar-refractivity contribution < 1.29 is 23.7 Å². The molecule has 2 aromatic carbocycles. The van der Waals surface area contributed by atoms with Crippen LogP contribution in [0.1, 0.15) is 16.7 Å². The molecule has 6 rings (SSSR count). The number of carbonyl (C=O) groups excluding carboxylic acids is 1. The van der Waals surface area contributed by atoms with Crippen LogP contribution >= 0.6 is 0 Å². The average molecular weight is 498 g/mol. The van der Waals surface area contributed by atoms with Gasteiger partial charge in [0.1, 0.15) is 5.65 Å². The van der Waals surface area contributed by atoms with Gasteiger partial charge in [0.05, 0.1) is 19.9 Å². The largest absolute Gasteiger partial charge is 0.493 e. The number of fused-ring (bicyclic) bond motifs is 3. The number of benzene rings is 2.